The minimum absolute atomic E-state index is 0.0122. The highest BCUT2D eigenvalue weighted by Gasteiger charge is 2.27. The molecule has 31 heavy (non-hydrogen) atoms. The summed E-state index contributed by atoms with van der Waals surface area (Å²) in [5.74, 6) is -0.472. The standard InChI is InChI=1S/C23H28ClN3O4/c1-13-9-14(2)26-22(29)19(13)12-25-21(28)18-10-17(24)11-20(15(18)3)27(4)23(30)16-5-7-31-8-6-16/h9-11,16H,5-8,12H2,1-4H3,(H,25,28)(H,26,29). The van der Waals surface area contributed by atoms with Crippen LogP contribution in [0.2, 0.25) is 5.02 Å². The summed E-state index contributed by atoms with van der Waals surface area (Å²) in [7, 11) is 1.70. The van der Waals surface area contributed by atoms with Crippen molar-refractivity contribution in [3.63, 3.8) is 0 Å². The topological polar surface area (TPSA) is 91.5 Å². The van der Waals surface area contributed by atoms with Gasteiger partial charge in [0.1, 0.15) is 0 Å². The third-order valence-electron chi connectivity index (χ3n) is 5.77. The molecular formula is C23H28ClN3O4. The van der Waals surface area contributed by atoms with Gasteiger partial charge in [-0.15, -0.1) is 0 Å². The second-order valence-corrected chi connectivity index (χ2v) is 8.44. The number of anilines is 1. The Balaban J connectivity index is 1.82. The number of carbonyl (C=O) groups excluding carboxylic acids is 2. The molecular weight excluding hydrogens is 418 g/mol. The number of nitrogens with one attached hydrogen (secondary N) is 2. The fourth-order valence-electron chi connectivity index (χ4n) is 3.95. The molecule has 3 rings (SSSR count). The van der Waals surface area contributed by atoms with Crippen molar-refractivity contribution in [3.8, 4) is 0 Å². The van der Waals surface area contributed by atoms with E-state index in [0.29, 0.717) is 53.5 Å². The summed E-state index contributed by atoms with van der Waals surface area (Å²) >= 11 is 6.29. The fraction of sp³-hybridized carbons (Fsp3) is 0.435. The molecule has 1 fully saturated rings. The number of halogens is 1. The number of nitrogens with zero attached hydrogens (tertiary/aromatic N) is 1. The van der Waals surface area contributed by atoms with Gasteiger partial charge in [0.25, 0.3) is 11.5 Å². The van der Waals surface area contributed by atoms with E-state index >= 15 is 0 Å². The Kier molecular flexibility index (Phi) is 7.18. The molecule has 8 heteroatoms. The van der Waals surface area contributed by atoms with Crippen LogP contribution in [0.25, 0.3) is 0 Å². The first-order chi connectivity index (χ1) is 14.7. The number of benzene rings is 1. The number of carbonyl (C=O) groups is 2. The average Bonchev–Trinajstić information content (AvgIpc) is 2.73. The molecule has 1 saturated heterocycles. The summed E-state index contributed by atoms with van der Waals surface area (Å²) in [4.78, 5) is 42.4. The first-order valence-corrected chi connectivity index (χ1v) is 10.7. The van der Waals surface area contributed by atoms with Crippen LogP contribution >= 0.6 is 11.6 Å². The number of aromatic nitrogens is 1. The number of pyridine rings is 1. The molecule has 0 spiro atoms. The van der Waals surface area contributed by atoms with E-state index in [2.05, 4.69) is 10.3 Å². The van der Waals surface area contributed by atoms with Crippen LogP contribution in [0.1, 0.15) is 45.6 Å². The zero-order valence-corrected chi connectivity index (χ0v) is 19.1. The third-order valence-corrected chi connectivity index (χ3v) is 5.99. The third kappa shape index (κ3) is 5.17. The van der Waals surface area contributed by atoms with Crippen molar-refractivity contribution in [1.82, 2.24) is 10.3 Å². The Labute approximate surface area is 186 Å². The summed E-state index contributed by atoms with van der Waals surface area (Å²) in [6.07, 6.45) is 1.36. The van der Waals surface area contributed by atoms with Gasteiger partial charge in [0.2, 0.25) is 5.91 Å². The van der Waals surface area contributed by atoms with E-state index in [9.17, 15) is 14.4 Å². The highest BCUT2D eigenvalue weighted by atomic mass is 35.5. The minimum Gasteiger partial charge on any atom is -0.381 e. The lowest BCUT2D eigenvalue weighted by Gasteiger charge is -2.28. The van der Waals surface area contributed by atoms with Gasteiger partial charge in [-0.25, -0.2) is 0 Å². The van der Waals surface area contributed by atoms with Crippen molar-refractivity contribution >= 4 is 29.1 Å². The summed E-state index contributed by atoms with van der Waals surface area (Å²) in [6, 6.07) is 5.14. The molecule has 1 aromatic carbocycles. The van der Waals surface area contributed by atoms with Gasteiger partial charge in [0.15, 0.2) is 0 Å². The SMILES string of the molecule is Cc1cc(C)c(CNC(=O)c2cc(Cl)cc(N(C)C(=O)C3CCOCC3)c2C)c(=O)[nH]1. The second-order valence-electron chi connectivity index (χ2n) is 8.01. The Morgan fingerprint density at radius 1 is 1.19 bits per heavy atom. The average molecular weight is 446 g/mol. The quantitative estimate of drug-likeness (QED) is 0.738. The Hall–Kier alpha value is -2.64. The van der Waals surface area contributed by atoms with Gasteiger partial charge in [-0.1, -0.05) is 11.6 Å². The Morgan fingerprint density at radius 3 is 2.52 bits per heavy atom. The molecule has 1 aliphatic heterocycles. The van der Waals surface area contributed by atoms with Gasteiger partial charge < -0.3 is 19.9 Å². The normalized spacial score (nSPS) is 14.4. The van der Waals surface area contributed by atoms with Crippen molar-refractivity contribution in [1.29, 1.82) is 0 Å². The predicted octanol–water partition coefficient (Wildman–Crippen LogP) is 3.27. The fourth-order valence-corrected chi connectivity index (χ4v) is 4.16. The number of amides is 2. The van der Waals surface area contributed by atoms with Crippen molar-refractivity contribution in [2.24, 2.45) is 5.92 Å². The number of rotatable bonds is 5. The molecule has 0 aliphatic carbocycles. The molecule has 1 aliphatic rings. The van der Waals surface area contributed by atoms with Gasteiger partial charge >= 0.3 is 0 Å². The van der Waals surface area contributed by atoms with Crippen molar-refractivity contribution in [2.45, 2.75) is 40.2 Å². The van der Waals surface area contributed by atoms with Crippen molar-refractivity contribution in [3.05, 3.63) is 61.5 Å². The van der Waals surface area contributed by atoms with Crippen LogP contribution < -0.4 is 15.8 Å². The molecule has 166 valence electrons. The summed E-state index contributed by atoms with van der Waals surface area (Å²) in [5.41, 5.74) is 3.49. The van der Waals surface area contributed by atoms with E-state index in [1.165, 1.54) is 0 Å². The van der Waals surface area contributed by atoms with Crippen LogP contribution in [0.15, 0.2) is 23.0 Å². The zero-order valence-electron chi connectivity index (χ0n) is 18.3. The second kappa shape index (κ2) is 9.66. The lowest BCUT2D eigenvalue weighted by molar-refractivity contribution is -0.124. The number of aryl methyl sites for hydroxylation is 2. The minimum atomic E-state index is -0.354. The molecule has 7 nitrogen and oxygen atoms in total. The molecule has 0 atom stereocenters. The lowest BCUT2D eigenvalue weighted by atomic mass is 9.97. The number of hydrogen-bond donors (Lipinski definition) is 2. The highest BCUT2D eigenvalue weighted by Crippen LogP contribution is 2.30. The van der Waals surface area contributed by atoms with E-state index in [4.69, 9.17) is 16.3 Å². The summed E-state index contributed by atoms with van der Waals surface area (Å²) in [5, 5.41) is 3.17. The molecule has 0 saturated carbocycles. The lowest BCUT2D eigenvalue weighted by Crippen LogP contribution is -2.36. The number of hydrogen-bond acceptors (Lipinski definition) is 4. The van der Waals surface area contributed by atoms with Gasteiger partial charge in [0, 0.05) is 60.3 Å². The maximum Gasteiger partial charge on any atom is 0.253 e. The van der Waals surface area contributed by atoms with Crippen LogP contribution in [-0.4, -0.2) is 37.1 Å². The maximum absolute atomic E-state index is 12.9. The van der Waals surface area contributed by atoms with E-state index in [0.717, 1.165) is 11.3 Å². The molecule has 2 N–H and O–H groups in total. The van der Waals surface area contributed by atoms with Gasteiger partial charge in [0.05, 0.1) is 0 Å². The first-order valence-electron chi connectivity index (χ1n) is 10.3. The number of H-pyrrole nitrogens is 1. The van der Waals surface area contributed by atoms with Crippen LogP contribution in [-0.2, 0) is 16.1 Å². The summed E-state index contributed by atoms with van der Waals surface area (Å²) in [6.45, 7) is 6.68. The Bertz CT molecular complexity index is 1060. The van der Waals surface area contributed by atoms with Crippen LogP contribution in [0.4, 0.5) is 5.69 Å². The molecule has 2 heterocycles. The van der Waals surface area contributed by atoms with E-state index < -0.39 is 0 Å². The molecule has 2 aromatic rings. The molecule has 0 radical (unpaired) electrons. The van der Waals surface area contributed by atoms with E-state index in [-0.39, 0.29) is 29.8 Å². The van der Waals surface area contributed by atoms with E-state index in [1.54, 1.807) is 31.0 Å². The highest BCUT2D eigenvalue weighted by molar-refractivity contribution is 6.31. The van der Waals surface area contributed by atoms with Crippen LogP contribution in [0.3, 0.4) is 0 Å². The number of aromatic amines is 1. The van der Waals surface area contributed by atoms with Gasteiger partial charge in [-0.3, -0.25) is 14.4 Å². The van der Waals surface area contributed by atoms with Crippen LogP contribution in [0.5, 0.6) is 0 Å². The molecule has 2 amide bonds. The predicted molar refractivity (Wildman–Crippen MR) is 121 cm³/mol. The van der Waals surface area contributed by atoms with Gasteiger partial charge in [-0.05, 0) is 62.9 Å². The maximum atomic E-state index is 12.9. The van der Waals surface area contributed by atoms with Crippen molar-refractivity contribution < 1.29 is 14.3 Å². The monoisotopic (exact) mass is 445 g/mol. The zero-order chi connectivity index (χ0) is 22.7. The summed E-state index contributed by atoms with van der Waals surface area (Å²) < 4.78 is 5.35. The molecule has 0 unspecified atom stereocenters. The Morgan fingerprint density at radius 2 is 1.87 bits per heavy atom. The first kappa shape index (κ1) is 23.0. The molecule has 1 aromatic heterocycles. The van der Waals surface area contributed by atoms with Crippen LogP contribution in [0, 0.1) is 26.7 Å². The van der Waals surface area contributed by atoms with E-state index in [1.807, 2.05) is 19.9 Å². The number of ether oxygens (including phenoxy) is 1. The smallest absolute Gasteiger partial charge is 0.253 e. The largest absolute Gasteiger partial charge is 0.381 e. The van der Waals surface area contributed by atoms with Crippen molar-refractivity contribution in [2.75, 3.05) is 25.2 Å². The molecule has 0 bridgehead atoms. The van der Waals surface area contributed by atoms with Gasteiger partial charge in [-0.2, -0.15) is 0 Å².